The maximum atomic E-state index is 9.84. The molecule has 522 valence electrons. The fraction of sp³-hybridized carbons (Fsp3) is 1.00. The van der Waals surface area contributed by atoms with E-state index in [4.69, 9.17) is 18.9 Å². The summed E-state index contributed by atoms with van der Waals surface area (Å²) in [6.07, 6.45) is 70.2. The highest BCUT2D eigenvalue weighted by Gasteiger charge is 2.24. The van der Waals surface area contributed by atoms with Crippen LogP contribution in [0.3, 0.4) is 0 Å². The smallest absolute Gasteiger partial charge is 0.104 e. The summed E-state index contributed by atoms with van der Waals surface area (Å²) in [5, 5.41) is 19.7. The highest BCUT2D eigenvalue weighted by atomic mass is 16.5. The molecule has 0 heterocycles. The van der Waals surface area contributed by atoms with Gasteiger partial charge in [-0.2, -0.15) is 0 Å². The summed E-state index contributed by atoms with van der Waals surface area (Å²) in [6, 6.07) is 0. The maximum absolute atomic E-state index is 9.84. The average molecular weight is 1230 g/mol. The predicted octanol–water partition coefficient (Wildman–Crippen LogP) is 25.0. The molecule has 1 fully saturated rings. The molecule has 1 aliphatic rings. The standard InChI is InChI=1S/C81H162O6/c1-70(2)43-37-45-72(5)47-39-49-74(7)51-41-53-76(9)59-63-86-80(66-82)68-84-61-35-31-27-23-19-15-11-13-17-21-25-29-33-55-78-57-58-79(65-78)56-34-30-26-22-18-14-12-16-20-24-28-32-36-62-85-69-81(67-83)87-64-60-77(10)54-42-52-75(8)50-40-48-73(6)46-38-44-71(3)4/h70-83H,11-69H2,1-10H3/t72-,73-,74-,75-,76+,77+,78-,79+,80-,81-/m1/s1. The minimum Gasteiger partial charge on any atom is -0.394 e. The molecule has 0 aromatic heterocycles. The summed E-state index contributed by atoms with van der Waals surface area (Å²) < 4.78 is 23.9. The van der Waals surface area contributed by atoms with Crippen LogP contribution < -0.4 is 0 Å². The lowest BCUT2D eigenvalue weighted by molar-refractivity contribution is -0.0459. The van der Waals surface area contributed by atoms with Gasteiger partial charge in [0.05, 0.1) is 26.4 Å². The second-order valence-corrected chi connectivity index (χ2v) is 31.4. The highest BCUT2D eigenvalue weighted by molar-refractivity contribution is 4.76. The van der Waals surface area contributed by atoms with E-state index in [1.807, 2.05) is 0 Å². The van der Waals surface area contributed by atoms with Gasteiger partial charge in [-0.05, 0) is 91.3 Å². The van der Waals surface area contributed by atoms with Gasteiger partial charge in [-0.1, -0.05) is 365 Å². The number of hydrogen-bond acceptors (Lipinski definition) is 6. The average Bonchev–Trinajstić information content (AvgIpc) is 4.23. The molecule has 0 aliphatic heterocycles. The molecule has 0 amide bonds. The van der Waals surface area contributed by atoms with Gasteiger partial charge in [0.25, 0.3) is 0 Å². The highest BCUT2D eigenvalue weighted by Crippen LogP contribution is 2.37. The van der Waals surface area contributed by atoms with E-state index < -0.39 is 0 Å². The number of hydrogen-bond donors (Lipinski definition) is 2. The fourth-order valence-corrected chi connectivity index (χ4v) is 14.3. The van der Waals surface area contributed by atoms with E-state index in [0.29, 0.717) is 25.0 Å². The van der Waals surface area contributed by atoms with Crippen LogP contribution in [0.1, 0.15) is 397 Å². The SMILES string of the molecule is CC(C)CCC[C@@H](C)CCC[C@@H](C)CCC[C@H](C)CCO[C@H](CO)COCCCCCCCCCCCCCCC[C@@H]1CC[C@H](CCCCCCCCCCCCCCCOC[C@@H](CO)OCC[C@@H](C)CCC[C@H](C)CCC[C@H](C)CCCC(C)C)C1. The molecule has 1 saturated carbocycles. The van der Waals surface area contributed by atoms with Gasteiger partial charge >= 0.3 is 0 Å². The largest absolute Gasteiger partial charge is 0.394 e. The Morgan fingerprint density at radius 3 is 0.747 bits per heavy atom. The van der Waals surface area contributed by atoms with Crippen molar-refractivity contribution in [1.82, 2.24) is 0 Å². The Labute approximate surface area is 547 Å². The van der Waals surface area contributed by atoms with Crippen LogP contribution >= 0.6 is 0 Å². The van der Waals surface area contributed by atoms with E-state index in [1.165, 1.54) is 295 Å². The quantitative estimate of drug-likeness (QED) is 0.0591. The summed E-state index contributed by atoms with van der Waals surface area (Å²) in [5.41, 5.74) is 0. The first-order valence-electron chi connectivity index (χ1n) is 39.9. The van der Waals surface area contributed by atoms with Gasteiger partial charge in [-0.15, -0.1) is 0 Å². The molecule has 0 radical (unpaired) electrons. The molecule has 6 nitrogen and oxygen atoms in total. The van der Waals surface area contributed by atoms with E-state index in [2.05, 4.69) is 69.2 Å². The fourth-order valence-electron chi connectivity index (χ4n) is 14.3. The number of rotatable bonds is 70. The second kappa shape index (κ2) is 63.2. The molecule has 2 N–H and O–H groups in total. The van der Waals surface area contributed by atoms with Crippen LogP contribution in [0.2, 0.25) is 0 Å². The van der Waals surface area contributed by atoms with Gasteiger partial charge in [-0.3, -0.25) is 0 Å². The summed E-state index contributed by atoms with van der Waals surface area (Å²) >= 11 is 0. The second-order valence-electron chi connectivity index (χ2n) is 31.4. The molecule has 0 spiro atoms. The summed E-state index contributed by atoms with van der Waals surface area (Å²) in [4.78, 5) is 0. The van der Waals surface area contributed by atoms with Gasteiger partial charge in [0, 0.05) is 26.4 Å². The van der Waals surface area contributed by atoms with E-state index in [0.717, 1.165) is 99.5 Å². The Morgan fingerprint density at radius 1 is 0.264 bits per heavy atom. The molecule has 10 atom stereocenters. The van der Waals surface area contributed by atoms with Gasteiger partial charge < -0.3 is 29.2 Å². The first-order valence-corrected chi connectivity index (χ1v) is 39.9. The van der Waals surface area contributed by atoms with Crippen molar-refractivity contribution >= 4 is 0 Å². The van der Waals surface area contributed by atoms with Crippen LogP contribution in [0, 0.1) is 59.2 Å². The molecule has 0 aromatic carbocycles. The lowest BCUT2D eigenvalue weighted by Gasteiger charge is -2.18. The lowest BCUT2D eigenvalue weighted by Crippen LogP contribution is -2.25. The summed E-state index contributed by atoms with van der Waals surface area (Å²) in [7, 11) is 0. The normalized spacial score (nSPS) is 17.6. The van der Waals surface area contributed by atoms with Crippen molar-refractivity contribution in [3.63, 3.8) is 0 Å². The predicted molar refractivity (Wildman–Crippen MR) is 382 cm³/mol. The number of ether oxygens (including phenoxy) is 4. The third kappa shape index (κ3) is 59.3. The minimum absolute atomic E-state index is 0.0528. The minimum atomic E-state index is -0.180. The van der Waals surface area contributed by atoms with Crippen molar-refractivity contribution in [2.24, 2.45) is 59.2 Å². The maximum Gasteiger partial charge on any atom is 0.104 e. The van der Waals surface area contributed by atoms with Crippen molar-refractivity contribution in [2.75, 3.05) is 52.9 Å². The first-order chi connectivity index (χ1) is 42.3. The summed E-state index contributed by atoms with van der Waals surface area (Å²) in [6.45, 7) is 28.1. The number of unbranched alkanes of at least 4 members (excludes halogenated alkanes) is 24. The van der Waals surface area contributed by atoms with Crippen LogP contribution in [-0.4, -0.2) is 75.3 Å². The van der Waals surface area contributed by atoms with Crippen molar-refractivity contribution in [2.45, 2.75) is 409 Å². The molecule has 1 aliphatic carbocycles. The zero-order valence-corrected chi connectivity index (χ0v) is 61.2. The topological polar surface area (TPSA) is 77.4 Å². The van der Waals surface area contributed by atoms with Crippen LogP contribution in [-0.2, 0) is 18.9 Å². The van der Waals surface area contributed by atoms with Crippen LogP contribution in [0.4, 0.5) is 0 Å². The van der Waals surface area contributed by atoms with Crippen LogP contribution in [0.5, 0.6) is 0 Å². The van der Waals surface area contributed by atoms with Crippen LogP contribution in [0.15, 0.2) is 0 Å². The van der Waals surface area contributed by atoms with E-state index >= 15 is 0 Å². The summed E-state index contributed by atoms with van der Waals surface area (Å²) in [5.74, 6) is 8.61. The van der Waals surface area contributed by atoms with Gasteiger partial charge in [0.15, 0.2) is 0 Å². The molecule has 87 heavy (non-hydrogen) atoms. The van der Waals surface area contributed by atoms with Crippen molar-refractivity contribution in [3.05, 3.63) is 0 Å². The Morgan fingerprint density at radius 2 is 0.494 bits per heavy atom. The Balaban J connectivity index is 1.81. The van der Waals surface area contributed by atoms with E-state index in [9.17, 15) is 10.2 Å². The van der Waals surface area contributed by atoms with E-state index in [-0.39, 0.29) is 25.4 Å². The molecule has 6 heteroatoms. The first kappa shape index (κ1) is 84.8. The monoisotopic (exact) mass is 1230 g/mol. The Bertz CT molecular complexity index is 1240. The molecular formula is C81H162O6. The zero-order valence-electron chi connectivity index (χ0n) is 61.2. The van der Waals surface area contributed by atoms with Crippen molar-refractivity contribution in [1.29, 1.82) is 0 Å². The molecule has 0 unspecified atom stereocenters. The van der Waals surface area contributed by atoms with Crippen molar-refractivity contribution in [3.8, 4) is 0 Å². The Hall–Kier alpha value is -0.240. The third-order valence-corrected chi connectivity index (χ3v) is 20.9. The molecule has 0 saturated heterocycles. The Kier molecular flexibility index (Phi) is 61.6. The van der Waals surface area contributed by atoms with Gasteiger partial charge in [0.2, 0.25) is 0 Å². The third-order valence-electron chi connectivity index (χ3n) is 20.9. The zero-order chi connectivity index (χ0) is 63.5. The molecule has 0 aromatic rings. The molecule has 1 rings (SSSR count). The molecular weight excluding hydrogens is 1070 g/mol. The number of aliphatic hydroxyl groups is 2. The van der Waals surface area contributed by atoms with Gasteiger partial charge in [0.1, 0.15) is 12.2 Å². The van der Waals surface area contributed by atoms with E-state index in [1.54, 1.807) is 6.42 Å². The lowest BCUT2D eigenvalue weighted by atomic mass is 9.91. The number of aliphatic hydroxyl groups excluding tert-OH is 2. The van der Waals surface area contributed by atoms with Gasteiger partial charge in [-0.25, -0.2) is 0 Å². The molecule has 0 bridgehead atoms. The van der Waals surface area contributed by atoms with Crippen molar-refractivity contribution < 1.29 is 29.2 Å². The van der Waals surface area contributed by atoms with Crippen LogP contribution in [0.25, 0.3) is 0 Å².